The first-order valence-electron chi connectivity index (χ1n) is 12.1. The number of carbonyl (C=O) groups excluding carboxylic acids is 2. The Morgan fingerprint density at radius 3 is 2.21 bits per heavy atom. The third kappa shape index (κ3) is 7.15. The maximum Gasteiger partial charge on any atom is 0.264 e. The molecule has 2 amide bonds. The number of rotatable bonds is 10. The lowest BCUT2D eigenvalue weighted by Crippen LogP contribution is -2.51. The van der Waals surface area contributed by atoms with E-state index in [0.717, 1.165) is 25.5 Å². The van der Waals surface area contributed by atoms with E-state index in [1.165, 1.54) is 23.1 Å². The Labute approximate surface area is 238 Å². The first-order valence-corrected chi connectivity index (χ1v) is 14.7. The fourth-order valence-electron chi connectivity index (χ4n) is 3.79. The zero-order valence-corrected chi connectivity index (χ0v) is 24.9. The van der Waals surface area contributed by atoms with Gasteiger partial charge in [-0.3, -0.25) is 13.9 Å². The normalized spacial score (nSPS) is 12.1. The minimum Gasteiger partial charge on any atom is -0.355 e. The van der Waals surface area contributed by atoms with Crippen molar-refractivity contribution < 1.29 is 18.0 Å². The molecule has 7 nitrogen and oxygen atoms in total. The van der Waals surface area contributed by atoms with Gasteiger partial charge in [-0.15, -0.1) is 0 Å². The van der Waals surface area contributed by atoms with E-state index in [1.807, 2.05) is 38.1 Å². The Balaban J connectivity index is 2.05. The minimum absolute atomic E-state index is 0.0452. The summed E-state index contributed by atoms with van der Waals surface area (Å²) in [5.74, 6) is -0.858. The van der Waals surface area contributed by atoms with E-state index >= 15 is 0 Å². The van der Waals surface area contributed by atoms with Crippen LogP contribution < -0.4 is 9.62 Å². The van der Waals surface area contributed by atoms with Crippen molar-refractivity contribution in [2.45, 2.75) is 45.2 Å². The maximum absolute atomic E-state index is 13.8. The van der Waals surface area contributed by atoms with Crippen LogP contribution in [-0.4, -0.2) is 44.3 Å². The fourth-order valence-corrected chi connectivity index (χ4v) is 5.64. The van der Waals surface area contributed by atoms with Crippen LogP contribution in [0.2, 0.25) is 5.02 Å². The van der Waals surface area contributed by atoms with Gasteiger partial charge in [0.2, 0.25) is 11.8 Å². The van der Waals surface area contributed by atoms with Crippen molar-refractivity contribution in [2.75, 3.05) is 17.4 Å². The SMILES string of the molecule is CCNC(=O)C(C)N(Cc1ccc(Br)cc1)C(=O)CN(c1ccc(C)c(Cl)c1)S(=O)(=O)c1ccc(C)cc1. The van der Waals surface area contributed by atoms with Gasteiger partial charge in [0.25, 0.3) is 10.0 Å². The summed E-state index contributed by atoms with van der Waals surface area (Å²) >= 11 is 9.75. The Hall–Kier alpha value is -2.88. The van der Waals surface area contributed by atoms with Crippen LogP contribution in [0.1, 0.15) is 30.5 Å². The van der Waals surface area contributed by atoms with Crippen molar-refractivity contribution in [2.24, 2.45) is 0 Å². The second kappa shape index (κ2) is 12.8. The standard InChI is InChI=1S/C28H31BrClN3O4S/c1-5-31-28(35)21(4)32(17-22-9-11-23(29)12-10-22)27(34)18-33(24-13-8-20(3)26(30)16-24)38(36,37)25-14-6-19(2)7-15-25/h6-16,21H,5,17-18H2,1-4H3,(H,31,35). The summed E-state index contributed by atoms with van der Waals surface area (Å²) in [5, 5.41) is 3.12. The second-order valence-electron chi connectivity index (χ2n) is 8.98. The first-order chi connectivity index (χ1) is 17.9. The number of carbonyl (C=O) groups is 2. The molecule has 0 saturated carbocycles. The van der Waals surface area contributed by atoms with Gasteiger partial charge in [0.05, 0.1) is 10.6 Å². The van der Waals surface area contributed by atoms with Gasteiger partial charge in [0, 0.05) is 22.6 Å². The molecule has 0 spiro atoms. The van der Waals surface area contributed by atoms with Gasteiger partial charge >= 0.3 is 0 Å². The van der Waals surface area contributed by atoms with Crippen LogP contribution in [0, 0.1) is 13.8 Å². The van der Waals surface area contributed by atoms with Crippen molar-refractivity contribution in [3.63, 3.8) is 0 Å². The average molecular weight is 621 g/mol. The molecule has 202 valence electrons. The molecule has 3 rings (SSSR count). The molecule has 0 aliphatic carbocycles. The van der Waals surface area contributed by atoms with Gasteiger partial charge in [0.1, 0.15) is 12.6 Å². The van der Waals surface area contributed by atoms with Crippen molar-refractivity contribution in [1.29, 1.82) is 0 Å². The third-order valence-corrected chi connectivity index (χ3v) is 8.84. The lowest BCUT2D eigenvalue weighted by Gasteiger charge is -2.32. The highest BCUT2D eigenvalue weighted by Crippen LogP contribution is 2.29. The zero-order valence-electron chi connectivity index (χ0n) is 21.7. The van der Waals surface area contributed by atoms with Crippen LogP contribution in [0.5, 0.6) is 0 Å². The molecule has 3 aromatic carbocycles. The summed E-state index contributed by atoms with van der Waals surface area (Å²) in [5.41, 5.74) is 2.73. The lowest BCUT2D eigenvalue weighted by molar-refractivity contribution is -0.139. The van der Waals surface area contributed by atoms with E-state index in [1.54, 1.807) is 38.1 Å². The predicted octanol–water partition coefficient (Wildman–Crippen LogP) is 5.47. The fraction of sp³-hybridized carbons (Fsp3) is 0.286. The molecule has 1 unspecified atom stereocenters. The molecule has 10 heteroatoms. The largest absolute Gasteiger partial charge is 0.355 e. The molecular formula is C28H31BrClN3O4S. The highest BCUT2D eigenvalue weighted by Gasteiger charge is 2.32. The molecular weight excluding hydrogens is 590 g/mol. The number of nitrogens with one attached hydrogen (secondary N) is 1. The topological polar surface area (TPSA) is 86.8 Å². The van der Waals surface area contributed by atoms with E-state index in [4.69, 9.17) is 11.6 Å². The van der Waals surface area contributed by atoms with Crippen LogP contribution in [0.4, 0.5) is 5.69 Å². The minimum atomic E-state index is -4.14. The number of halogens is 2. The molecule has 1 N–H and O–H groups in total. The first kappa shape index (κ1) is 29.7. The number of hydrogen-bond acceptors (Lipinski definition) is 4. The summed E-state index contributed by atoms with van der Waals surface area (Å²) in [6.45, 7) is 7.10. The van der Waals surface area contributed by atoms with E-state index in [2.05, 4.69) is 21.2 Å². The molecule has 0 saturated heterocycles. The van der Waals surface area contributed by atoms with Crippen molar-refractivity contribution in [3.8, 4) is 0 Å². The van der Waals surface area contributed by atoms with Gasteiger partial charge in [-0.05, 0) is 75.2 Å². The van der Waals surface area contributed by atoms with Gasteiger partial charge in [-0.1, -0.05) is 63.4 Å². The van der Waals surface area contributed by atoms with E-state index < -0.39 is 28.5 Å². The summed E-state index contributed by atoms with van der Waals surface area (Å²) < 4.78 is 29.6. The van der Waals surface area contributed by atoms with Crippen molar-refractivity contribution >= 4 is 55.1 Å². The van der Waals surface area contributed by atoms with Gasteiger partial charge in [-0.2, -0.15) is 0 Å². The van der Waals surface area contributed by atoms with E-state index in [9.17, 15) is 18.0 Å². The number of aryl methyl sites for hydroxylation is 2. The van der Waals surface area contributed by atoms with Crippen LogP contribution in [0.15, 0.2) is 76.1 Å². The number of likely N-dealkylation sites (N-methyl/N-ethyl adjacent to an activating group) is 1. The third-order valence-electron chi connectivity index (χ3n) is 6.12. The molecule has 0 aliphatic rings. The quantitative estimate of drug-likeness (QED) is 0.326. The number of amides is 2. The molecule has 0 aliphatic heterocycles. The van der Waals surface area contributed by atoms with Gasteiger partial charge in [0.15, 0.2) is 0 Å². The Kier molecular flexibility index (Phi) is 9.98. The molecule has 1 atom stereocenters. The van der Waals surface area contributed by atoms with Crippen LogP contribution >= 0.6 is 27.5 Å². The Morgan fingerprint density at radius 1 is 1.00 bits per heavy atom. The number of benzene rings is 3. The number of nitrogens with zero attached hydrogens (tertiary/aromatic N) is 2. The highest BCUT2D eigenvalue weighted by atomic mass is 79.9. The Morgan fingerprint density at radius 2 is 1.63 bits per heavy atom. The molecule has 38 heavy (non-hydrogen) atoms. The molecule has 0 radical (unpaired) electrons. The van der Waals surface area contributed by atoms with E-state index in [-0.39, 0.29) is 23.0 Å². The molecule has 0 heterocycles. The molecule has 0 bridgehead atoms. The summed E-state index contributed by atoms with van der Waals surface area (Å²) in [6.07, 6.45) is 0. The molecule has 3 aromatic rings. The van der Waals surface area contributed by atoms with Crippen molar-refractivity contribution in [3.05, 3.63) is 92.9 Å². The van der Waals surface area contributed by atoms with Crippen molar-refractivity contribution in [1.82, 2.24) is 10.2 Å². The second-order valence-corrected chi connectivity index (χ2v) is 12.2. The molecule has 0 aromatic heterocycles. The van der Waals surface area contributed by atoms with E-state index in [0.29, 0.717) is 11.6 Å². The summed E-state index contributed by atoms with van der Waals surface area (Å²) in [4.78, 5) is 28.0. The van der Waals surface area contributed by atoms with Crippen LogP contribution in [-0.2, 0) is 26.2 Å². The average Bonchev–Trinajstić information content (AvgIpc) is 2.88. The molecule has 0 fully saturated rings. The van der Waals surface area contributed by atoms with Gasteiger partial charge in [-0.25, -0.2) is 8.42 Å². The zero-order chi connectivity index (χ0) is 28.0. The van der Waals surface area contributed by atoms with Crippen LogP contribution in [0.25, 0.3) is 0 Å². The highest BCUT2D eigenvalue weighted by molar-refractivity contribution is 9.10. The maximum atomic E-state index is 13.8. The number of sulfonamides is 1. The summed E-state index contributed by atoms with van der Waals surface area (Å²) in [6, 6.07) is 17.8. The van der Waals surface area contributed by atoms with Crippen LogP contribution in [0.3, 0.4) is 0 Å². The monoisotopic (exact) mass is 619 g/mol. The van der Waals surface area contributed by atoms with Gasteiger partial charge < -0.3 is 10.2 Å². The summed E-state index contributed by atoms with van der Waals surface area (Å²) in [7, 11) is -4.14. The smallest absolute Gasteiger partial charge is 0.264 e. The predicted molar refractivity (Wildman–Crippen MR) is 155 cm³/mol. The number of hydrogen-bond donors (Lipinski definition) is 1. The number of anilines is 1. The lowest BCUT2D eigenvalue weighted by atomic mass is 10.1. The Bertz CT molecular complexity index is 1400.